The maximum absolute atomic E-state index is 8.77. The van der Waals surface area contributed by atoms with Crippen LogP contribution in [0.25, 0.3) is 0 Å². The van der Waals surface area contributed by atoms with E-state index in [4.69, 9.17) is 5.11 Å². The SMILES string of the molecule is CNC(/C=C(/C)O)NC. The van der Waals surface area contributed by atoms with E-state index in [1.807, 2.05) is 14.1 Å². The van der Waals surface area contributed by atoms with Crippen LogP contribution in [0.1, 0.15) is 6.92 Å². The molecule has 0 rings (SSSR count). The maximum atomic E-state index is 8.77. The lowest BCUT2D eigenvalue weighted by atomic mass is 10.4. The van der Waals surface area contributed by atoms with E-state index in [1.54, 1.807) is 13.0 Å². The molecule has 0 aromatic rings. The van der Waals surface area contributed by atoms with Crippen LogP contribution in [-0.4, -0.2) is 25.4 Å². The Bertz CT molecular complexity index is 93.2. The van der Waals surface area contributed by atoms with Crippen molar-refractivity contribution in [2.24, 2.45) is 0 Å². The van der Waals surface area contributed by atoms with Gasteiger partial charge in [0.2, 0.25) is 0 Å². The van der Waals surface area contributed by atoms with Crippen molar-refractivity contribution < 1.29 is 5.11 Å². The van der Waals surface area contributed by atoms with Crippen molar-refractivity contribution in [2.75, 3.05) is 14.1 Å². The Hall–Kier alpha value is -0.540. The predicted molar refractivity (Wildman–Crippen MR) is 38.3 cm³/mol. The molecular formula is C6H14N2O. The largest absolute Gasteiger partial charge is 0.513 e. The van der Waals surface area contributed by atoms with Gasteiger partial charge in [-0.1, -0.05) is 0 Å². The van der Waals surface area contributed by atoms with E-state index in [1.165, 1.54) is 0 Å². The number of hydrogen-bond donors (Lipinski definition) is 3. The molecule has 0 amide bonds. The number of aliphatic hydroxyl groups is 1. The van der Waals surface area contributed by atoms with E-state index in [0.717, 1.165) is 0 Å². The molecule has 0 spiro atoms. The Morgan fingerprint density at radius 2 is 1.89 bits per heavy atom. The van der Waals surface area contributed by atoms with Gasteiger partial charge in [0, 0.05) is 0 Å². The third-order valence-electron chi connectivity index (χ3n) is 1.03. The van der Waals surface area contributed by atoms with E-state index in [-0.39, 0.29) is 6.17 Å². The molecule has 0 saturated heterocycles. The van der Waals surface area contributed by atoms with Crippen molar-refractivity contribution in [3.05, 3.63) is 11.8 Å². The molecule has 0 aromatic carbocycles. The molecule has 0 saturated carbocycles. The zero-order chi connectivity index (χ0) is 7.28. The molecular weight excluding hydrogens is 116 g/mol. The van der Waals surface area contributed by atoms with Crippen molar-refractivity contribution in [3.8, 4) is 0 Å². The highest BCUT2D eigenvalue weighted by molar-refractivity contribution is 4.93. The highest BCUT2D eigenvalue weighted by Gasteiger charge is 1.94. The lowest BCUT2D eigenvalue weighted by molar-refractivity contribution is 0.403. The van der Waals surface area contributed by atoms with Crippen LogP contribution in [0, 0.1) is 0 Å². The summed E-state index contributed by atoms with van der Waals surface area (Å²) in [4.78, 5) is 0. The second-order valence-corrected chi connectivity index (χ2v) is 1.86. The molecule has 0 aliphatic carbocycles. The van der Waals surface area contributed by atoms with Gasteiger partial charge in [0.05, 0.1) is 11.9 Å². The van der Waals surface area contributed by atoms with Crippen LogP contribution in [0.2, 0.25) is 0 Å². The monoisotopic (exact) mass is 130 g/mol. The van der Waals surface area contributed by atoms with Gasteiger partial charge in [0.25, 0.3) is 0 Å². The van der Waals surface area contributed by atoms with Gasteiger partial charge >= 0.3 is 0 Å². The topological polar surface area (TPSA) is 44.3 Å². The first kappa shape index (κ1) is 8.46. The van der Waals surface area contributed by atoms with E-state index in [9.17, 15) is 0 Å². The molecule has 0 unspecified atom stereocenters. The van der Waals surface area contributed by atoms with Crippen LogP contribution < -0.4 is 10.6 Å². The van der Waals surface area contributed by atoms with Crippen LogP contribution >= 0.6 is 0 Å². The summed E-state index contributed by atoms with van der Waals surface area (Å²) in [6.07, 6.45) is 1.76. The van der Waals surface area contributed by atoms with Gasteiger partial charge < -0.3 is 15.7 Å². The number of allylic oxidation sites excluding steroid dienone is 1. The molecule has 0 bridgehead atoms. The quantitative estimate of drug-likeness (QED) is 0.378. The third kappa shape index (κ3) is 4.00. The number of hydrogen-bond acceptors (Lipinski definition) is 3. The minimum Gasteiger partial charge on any atom is -0.513 e. The lowest BCUT2D eigenvalue weighted by Crippen LogP contribution is -2.35. The molecule has 0 atom stereocenters. The average Bonchev–Trinajstić information content (AvgIpc) is 1.82. The van der Waals surface area contributed by atoms with Crippen LogP contribution in [0.5, 0.6) is 0 Å². The van der Waals surface area contributed by atoms with E-state index >= 15 is 0 Å². The van der Waals surface area contributed by atoms with Crippen LogP contribution in [0.4, 0.5) is 0 Å². The van der Waals surface area contributed by atoms with Crippen molar-refractivity contribution >= 4 is 0 Å². The van der Waals surface area contributed by atoms with Gasteiger partial charge in [-0.3, -0.25) is 0 Å². The molecule has 3 heteroatoms. The molecule has 0 aliphatic heterocycles. The van der Waals surface area contributed by atoms with E-state index < -0.39 is 0 Å². The minimum atomic E-state index is 0.0648. The van der Waals surface area contributed by atoms with E-state index in [2.05, 4.69) is 10.6 Å². The smallest absolute Gasteiger partial charge is 0.0880 e. The Morgan fingerprint density at radius 1 is 1.44 bits per heavy atom. The summed E-state index contributed by atoms with van der Waals surface area (Å²) in [5.41, 5.74) is 0. The summed E-state index contributed by atoms with van der Waals surface area (Å²) in [5.74, 6) is 0.323. The fourth-order valence-electron chi connectivity index (χ4n) is 0.552. The summed E-state index contributed by atoms with van der Waals surface area (Å²) >= 11 is 0. The first-order chi connectivity index (χ1) is 4.20. The fraction of sp³-hybridized carbons (Fsp3) is 0.667. The Morgan fingerprint density at radius 3 is 2.00 bits per heavy atom. The molecule has 9 heavy (non-hydrogen) atoms. The van der Waals surface area contributed by atoms with Crippen molar-refractivity contribution in [2.45, 2.75) is 13.1 Å². The second kappa shape index (κ2) is 4.35. The highest BCUT2D eigenvalue weighted by atomic mass is 16.3. The average molecular weight is 130 g/mol. The predicted octanol–water partition coefficient (Wildman–Crippen LogP) is 0.213. The molecule has 0 aromatic heterocycles. The summed E-state index contributed by atoms with van der Waals surface area (Å²) in [7, 11) is 3.64. The fourth-order valence-corrected chi connectivity index (χ4v) is 0.552. The molecule has 54 valence electrons. The number of likely N-dealkylation sites (N-methyl/N-ethyl adjacent to an activating group) is 2. The van der Waals surface area contributed by atoms with Crippen molar-refractivity contribution in [3.63, 3.8) is 0 Å². The number of nitrogens with one attached hydrogen (secondary N) is 2. The van der Waals surface area contributed by atoms with Gasteiger partial charge in [-0.05, 0) is 27.1 Å². The van der Waals surface area contributed by atoms with Crippen LogP contribution in [0.3, 0.4) is 0 Å². The Kier molecular flexibility index (Phi) is 4.09. The second-order valence-electron chi connectivity index (χ2n) is 1.86. The number of rotatable bonds is 3. The summed E-state index contributed by atoms with van der Waals surface area (Å²) < 4.78 is 0. The molecule has 0 radical (unpaired) electrons. The van der Waals surface area contributed by atoms with Gasteiger partial charge in [0.15, 0.2) is 0 Å². The zero-order valence-corrected chi connectivity index (χ0v) is 6.10. The normalized spacial score (nSPS) is 12.7. The molecule has 0 fully saturated rings. The minimum absolute atomic E-state index is 0.0648. The number of aliphatic hydroxyl groups excluding tert-OH is 1. The molecule has 3 nitrogen and oxygen atoms in total. The van der Waals surface area contributed by atoms with Crippen molar-refractivity contribution in [1.82, 2.24) is 10.6 Å². The Balaban J connectivity index is 3.68. The maximum Gasteiger partial charge on any atom is 0.0880 e. The molecule has 0 heterocycles. The van der Waals surface area contributed by atoms with Crippen LogP contribution in [-0.2, 0) is 0 Å². The van der Waals surface area contributed by atoms with Crippen LogP contribution in [0.15, 0.2) is 11.8 Å². The zero-order valence-electron chi connectivity index (χ0n) is 6.10. The standard InChI is InChI=1S/C6H14N2O/c1-5(9)4-6(7-2)8-3/h4,6-9H,1-3H3/b5-4-. The summed E-state index contributed by atoms with van der Waals surface area (Å²) in [6.45, 7) is 1.64. The Labute approximate surface area is 55.8 Å². The summed E-state index contributed by atoms with van der Waals surface area (Å²) in [5, 5.41) is 14.6. The third-order valence-corrected chi connectivity index (χ3v) is 1.03. The summed E-state index contributed by atoms with van der Waals surface area (Å²) in [6, 6.07) is 0. The van der Waals surface area contributed by atoms with E-state index in [0.29, 0.717) is 5.76 Å². The van der Waals surface area contributed by atoms with Gasteiger partial charge in [-0.15, -0.1) is 0 Å². The highest BCUT2D eigenvalue weighted by Crippen LogP contribution is 1.85. The van der Waals surface area contributed by atoms with Crippen molar-refractivity contribution in [1.29, 1.82) is 0 Å². The van der Waals surface area contributed by atoms with Gasteiger partial charge in [-0.25, -0.2) is 0 Å². The lowest BCUT2D eigenvalue weighted by Gasteiger charge is -2.08. The van der Waals surface area contributed by atoms with Gasteiger partial charge in [0.1, 0.15) is 0 Å². The van der Waals surface area contributed by atoms with Gasteiger partial charge in [-0.2, -0.15) is 0 Å². The first-order valence-corrected chi connectivity index (χ1v) is 2.92. The molecule has 3 N–H and O–H groups in total. The molecule has 0 aliphatic rings. The first-order valence-electron chi connectivity index (χ1n) is 2.92.